The molecule has 2 aromatic carbocycles. The van der Waals surface area contributed by atoms with Crippen LogP contribution < -0.4 is 5.43 Å². The van der Waals surface area contributed by atoms with Crippen molar-refractivity contribution in [3.63, 3.8) is 0 Å². The van der Waals surface area contributed by atoms with E-state index >= 15 is 0 Å². The topological polar surface area (TPSA) is 41.5 Å². The number of amides is 1. The number of rotatable bonds is 6. The van der Waals surface area contributed by atoms with E-state index in [0.29, 0.717) is 15.1 Å². The molecule has 126 valence electrons. The Bertz CT molecular complexity index is 742. The molecule has 3 nitrogen and oxygen atoms in total. The summed E-state index contributed by atoms with van der Waals surface area (Å²) in [4.78, 5) is 12.1. The van der Waals surface area contributed by atoms with Crippen LogP contribution in [-0.2, 0) is 11.2 Å². The molecule has 0 spiro atoms. The molecule has 0 aliphatic carbocycles. The van der Waals surface area contributed by atoms with E-state index in [9.17, 15) is 4.79 Å². The van der Waals surface area contributed by atoms with Gasteiger partial charge in [-0.1, -0.05) is 66.3 Å². The molecule has 1 amide bonds. The zero-order chi connectivity index (χ0) is 17.5. The summed E-state index contributed by atoms with van der Waals surface area (Å²) in [6.07, 6.45) is 1.86. The lowest BCUT2D eigenvalue weighted by Crippen LogP contribution is -2.22. The number of hydrogen-bond acceptors (Lipinski definition) is 2. The van der Waals surface area contributed by atoms with Crippen molar-refractivity contribution in [1.82, 2.24) is 5.43 Å². The second kappa shape index (κ2) is 9.07. The van der Waals surface area contributed by atoms with E-state index < -0.39 is 0 Å². The van der Waals surface area contributed by atoms with Crippen molar-refractivity contribution in [1.29, 1.82) is 0 Å². The highest BCUT2D eigenvalue weighted by Gasteiger charge is 2.07. The molecule has 0 saturated carbocycles. The number of benzene rings is 2. The molecular weight excluding hydrogens is 367 g/mol. The highest BCUT2D eigenvalue weighted by atomic mass is 35.5. The van der Waals surface area contributed by atoms with Gasteiger partial charge in [0.25, 0.3) is 0 Å². The molecule has 0 unspecified atom stereocenters. The molecule has 2 rings (SSSR count). The summed E-state index contributed by atoms with van der Waals surface area (Å²) in [5, 5.41) is 5.82. The number of hydrogen-bond donors (Lipinski definition) is 1. The Labute approximate surface area is 156 Å². The Balaban J connectivity index is 2.06. The van der Waals surface area contributed by atoms with Crippen molar-refractivity contribution in [2.75, 3.05) is 0 Å². The first kappa shape index (κ1) is 18.8. The summed E-state index contributed by atoms with van der Waals surface area (Å²) in [6, 6.07) is 12.5. The lowest BCUT2D eigenvalue weighted by Gasteiger charge is -2.07. The van der Waals surface area contributed by atoms with Crippen LogP contribution >= 0.6 is 34.8 Å². The minimum atomic E-state index is -0.212. The van der Waals surface area contributed by atoms with Gasteiger partial charge < -0.3 is 0 Å². The highest BCUT2D eigenvalue weighted by molar-refractivity contribution is 6.42. The normalized spacial score (nSPS) is 11.4. The summed E-state index contributed by atoms with van der Waals surface area (Å²) in [5.41, 5.74) is 5.14. The Morgan fingerprint density at radius 3 is 2.38 bits per heavy atom. The first-order valence-corrected chi connectivity index (χ1v) is 8.68. The van der Waals surface area contributed by atoms with Gasteiger partial charge in [-0.15, -0.1) is 0 Å². The van der Waals surface area contributed by atoms with Gasteiger partial charge in [0.05, 0.1) is 22.2 Å². The number of carbonyl (C=O) groups is 1. The third kappa shape index (κ3) is 5.52. The van der Waals surface area contributed by atoms with Crippen LogP contribution in [0.15, 0.2) is 47.6 Å². The highest BCUT2D eigenvalue weighted by Crippen LogP contribution is 2.22. The minimum Gasteiger partial charge on any atom is -0.273 e. The second-order valence-corrected chi connectivity index (χ2v) is 6.53. The maximum absolute atomic E-state index is 12.1. The van der Waals surface area contributed by atoms with Crippen molar-refractivity contribution in [3.05, 3.63) is 68.7 Å². The van der Waals surface area contributed by atoms with Gasteiger partial charge in [-0.25, -0.2) is 5.43 Å². The van der Waals surface area contributed by atoms with Crippen LogP contribution in [-0.4, -0.2) is 11.6 Å². The summed E-state index contributed by atoms with van der Waals surface area (Å²) in [5.74, 6) is -0.212. The standard InChI is InChI=1S/C18H17Cl3N2O/c1-2-3-17(13-5-7-14(19)8-6-13)22-23-18(24)11-12-4-9-15(20)16(21)10-12/h4-10H,2-3,11H2,1H3,(H,23,24)/b22-17-. The van der Waals surface area contributed by atoms with E-state index in [0.717, 1.165) is 29.7 Å². The van der Waals surface area contributed by atoms with Gasteiger partial charge in [-0.3, -0.25) is 4.79 Å². The predicted molar refractivity (Wildman–Crippen MR) is 101 cm³/mol. The molecule has 6 heteroatoms. The third-order valence-electron chi connectivity index (χ3n) is 3.33. The number of carbonyl (C=O) groups excluding carboxylic acids is 1. The van der Waals surface area contributed by atoms with Crippen LogP contribution in [0.1, 0.15) is 30.9 Å². The van der Waals surface area contributed by atoms with Crippen LogP contribution in [0.4, 0.5) is 0 Å². The Morgan fingerprint density at radius 1 is 1.04 bits per heavy atom. The fraction of sp³-hybridized carbons (Fsp3) is 0.222. The lowest BCUT2D eigenvalue weighted by atomic mass is 10.1. The molecule has 0 aliphatic rings. The predicted octanol–water partition coefficient (Wildman–Crippen LogP) is 5.51. The SMILES string of the molecule is CCC/C(=N/NC(=O)Cc1ccc(Cl)c(Cl)c1)c1ccc(Cl)cc1. The van der Waals surface area contributed by atoms with Gasteiger partial charge in [0, 0.05) is 5.02 Å². The van der Waals surface area contributed by atoms with Crippen LogP contribution in [0.5, 0.6) is 0 Å². The zero-order valence-corrected chi connectivity index (χ0v) is 15.4. The van der Waals surface area contributed by atoms with Gasteiger partial charge in [-0.2, -0.15) is 5.10 Å². The summed E-state index contributed by atoms with van der Waals surface area (Å²) >= 11 is 17.7. The van der Waals surface area contributed by atoms with Crippen molar-refractivity contribution < 1.29 is 4.79 Å². The van der Waals surface area contributed by atoms with Crippen LogP contribution in [0, 0.1) is 0 Å². The Hall–Kier alpha value is -1.55. The quantitative estimate of drug-likeness (QED) is 0.518. The number of hydrazone groups is 1. The molecule has 0 bridgehead atoms. The van der Waals surface area contributed by atoms with Gasteiger partial charge in [-0.05, 0) is 41.8 Å². The van der Waals surface area contributed by atoms with Gasteiger partial charge >= 0.3 is 0 Å². The molecular formula is C18H17Cl3N2O. The average Bonchev–Trinajstić information content (AvgIpc) is 2.56. The van der Waals surface area contributed by atoms with Crippen molar-refractivity contribution in [2.24, 2.45) is 5.10 Å². The van der Waals surface area contributed by atoms with Gasteiger partial charge in [0.2, 0.25) is 5.91 Å². The monoisotopic (exact) mass is 382 g/mol. The van der Waals surface area contributed by atoms with Crippen LogP contribution in [0.25, 0.3) is 0 Å². The number of nitrogens with zero attached hydrogens (tertiary/aromatic N) is 1. The molecule has 1 N–H and O–H groups in total. The van der Waals surface area contributed by atoms with Crippen molar-refractivity contribution >= 4 is 46.4 Å². The molecule has 0 radical (unpaired) electrons. The molecule has 24 heavy (non-hydrogen) atoms. The number of halogens is 3. The molecule has 0 saturated heterocycles. The van der Waals surface area contributed by atoms with Crippen molar-refractivity contribution in [3.8, 4) is 0 Å². The summed E-state index contributed by atoms with van der Waals surface area (Å²) in [6.45, 7) is 2.06. The summed E-state index contributed by atoms with van der Waals surface area (Å²) in [7, 11) is 0. The molecule has 0 fully saturated rings. The van der Waals surface area contributed by atoms with Crippen molar-refractivity contribution in [2.45, 2.75) is 26.2 Å². The first-order chi connectivity index (χ1) is 11.5. The first-order valence-electron chi connectivity index (χ1n) is 7.55. The van der Waals surface area contributed by atoms with Gasteiger partial charge in [0.1, 0.15) is 0 Å². The molecule has 0 atom stereocenters. The maximum atomic E-state index is 12.1. The third-order valence-corrected chi connectivity index (χ3v) is 4.32. The smallest absolute Gasteiger partial charge is 0.244 e. The van der Waals surface area contributed by atoms with Crippen LogP contribution in [0.2, 0.25) is 15.1 Å². The van der Waals surface area contributed by atoms with E-state index in [4.69, 9.17) is 34.8 Å². The fourth-order valence-corrected chi connectivity index (χ4v) is 2.59. The number of nitrogens with one attached hydrogen (secondary N) is 1. The zero-order valence-electron chi connectivity index (χ0n) is 13.2. The van der Waals surface area contributed by atoms with E-state index in [-0.39, 0.29) is 12.3 Å². The van der Waals surface area contributed by atoms with E-state index in [2.05, 4.69) is 17.5 Å². The lowest BCUT2D eigenvalue weighted by molar-refractivity contribution is -0.120. The Kier molecular flexibility index (Phi) is 7.10. The van der Waals surface area contributed by atoms with Gasteiger partial charge in [0.15, 0.2) is 0 Å². The average molecular weight is 384 g/mol. The Morgan fingerprint density at radius 2 is 1.75 bits per heavy atom. The minimum absolute atomic E-state index is 0.181. The summed E-state index contributed by atoms with van der Waals surface area (Å²) < 4.78 is 0. The molecule has 2 aromatic rings. The molecule has 0 aromatic heterocycles. The fourth-order valence-electron chi connectivity index (χ4n) is 2.15. The largest absolute Gasteiger partial charge is 0.273 e. The molecule has 0 heterocycles. The maximum Gasteiger partial charge on any atom is 0.244 e. The molecule has 0 aliphatic heterocycles. The van der Waals surface area contributed by atoms with E-state index in [1.165, 1.54) is 0 Å². The van der Waals surface area contributed by atoms with E-state index in [1.807, 2.05) is 12.1 Å². The van der Waals surface area contributed by atoms with Crippen LogP contribution in [0.3, 0.4) is 0 Å². The second-order valence-electron chi connectivity index (χ2n) is 5.28. The van der Waals surface area contributed by atoms with E-state index in [1.54, 1.807) is 30.3 Å².